The maximum Gasteiger partial charge on any atom is 0.395 e. The quantitative estimate of drug-likeness (QED) is 0.291. The van der Waals surface area contributed by atoms with Gasteiger partial charge in [-0.2, -0.15) is 0 Å². The lowest BCUT2D eigenvalue weighted by Crippen LogP contribution is -2.48. The molecular weight excluding hydrogens is 582 g/mol. The summed E-state index contributed by atoms with van der Waals surface area (Å²) in [6.07, 6.45) is 0.0231. The van der Waals surface area contributed by atoms with Crippen LogP contribution in [0.2, 0.25) is 0 Å². The smallest absolute Gasteiger partial charge is 0.395 e. The van der Waals surface area contributed by atoms with Crippen LogP contribution in [0.1, 0.15) is 46.1 Å². The zero-order valence-corrected chi connectivity index (χ0v) is 25.8. The lowest BCUT2D eigenvalue weighted by molar-refractivity contribution is -0.0251. The first kappa shape index (κ1) is 33.5. The summed E-state index contributed by atoms with van der Waals surface area (Å²) in [4.78, 5) is 26.5. The number of hydrogen-bond donors (Lipinski definition) is 2. The van der Waals surface area contributed by atoms with Crippen LogP contribution in [0.4, 0.5) is 0 Å². The molecule has 0 unspecified atom stereocenters. The van der Waals surface area contributed by atoms with Crippen LogP contribution in [0.3, 0.4) is 0 Å². The average molecular weight is 623 g/mol. The van der Waals surface area contributed by atoms with Crippen molar-refractivity contribution in [2.45, 2.75) is 85.0 Å². The van der Waals surface area contributed by atoms with Crippen molar-refractivity contribution in [3.8, 4) is 0 Å². The number of aliphatic hydroxyl groups is 2. The first-order valence-electron chi connectivity index (χ1n) is 13.6. The lowest BCUT2D eigenvalue weighted by atomic mass is 10.1. The van der Waals surface area contributed by atoms with Gasteiger partial charge in [0.2, 0.25) is 11.0 Å². The first-order valence-corrected chi connectivity index (χ1v) is 16.7. The Kier molecular flexibility index (Phi) is 11.8. The topological polar surface area (TPSA) is 174 Å². The third kappa shape index (κ3) is 7.69. The van der Waals surface area contributed by atoms with E-state index in [1.807, 2.05) is 0 Å². The van der Waals surface area contributed by atoms with Gasteiger partial charge in [0.1, 0.15) is 12.2 Å². The Hall–Kier alpha value is -2.02. The molecule has 0 saturated heterocycles. The fourth-order valence-corrected chi connectivity index (χ4v) is 7.66. The van der Waals surface area contributed by atoms with E-state index in [9.17, 15) is 28.9 Å². The summed E-state index contributed by atoms with van der Waals surface area (Å²) in [6.45, 7) is 7.95. The van der Waals surface area contributed by atoms with Gasteiger partial charge in [-0.3, -0.25) is 23.1 Å². The van der Waals surface area contributed by atoms with E-state index in [1.165, 1.54) is 29.8 Å². The van der Waals surface area contributed by atoms with Crippen molar-refractivity contribution in [1.82, 2.24) is 9.13 Å². The molecule has 2 aliphatic rings. The average Bonchev–Trinajstić information content (AvgIpc) is 2.92. The number of aliphatic hydroxyl groups excluding tert-OH is 2. The van der Waals surface area contributed by atoms with E-state index in [0.29, 0.717) is 0 Å². The Bertz CT molecular complexity index is 1320. The van der Waals surface area contributed by atoms with E-state index in [4.69, 9.17) is 27.6 Å². The highest BCUT2D eigenvalue weighted by Gasteiger charge is 2.40. The van der Waals surface area contributed by atoms with E-state index in [-0.39, 0.29) is 68.9 Å². The fraction of sp³-hybridized carbons (Fsp3) is 0.680. The van der Waals surface area contributed by atoms with Crippen LogP contribution in [-0.4, -0.2) is 70.2 Å². The number of aryl methyl sites for hydroxylation is 1. The van der Waals surface area contributed by atoms with E-state index < -0.39 is 50.9 Å². The van der Waals surface area contributed by atoms with Gasteiger partial charge < -0.3 is 37.8 Å². The Morgan fingerprint density at radius 2 is 1.22 bits per heavy atom. The highest BCUT2D eigenvalue weighted by atomic mass is 31.2. The summed E-state index contributed by atoms with van der Waals surface area (Å²) in [5.41, 5.74) is -1.31. The second-order valence-electron chi connectivity index (χ2n) is 9.33. The van der Waals surface area contributed by atoms with Crippen molar-refractivity contribution in [2.24, 2.45) is 0 Å². The molecule has 0 spiro atoms. The van der Waals surface area contributed by atoms with Crippen LogP contribution >= 0.6 is 15.2 Å². The molecule has 0 aromatic carbocycles. The highest BCUT2D eigenvalue weighted by molar-refractivity contribution is 7.58. The van der Waals surface area contributed by atoms with Crippen LogP contribution < -0.4 is 11.2 Å². The Balaban J connectivity index is 1.88. The summed E-state index contributed by atoms with van der Waals surface area (Å²) in [7, 11) is -7.57. The van der Waals surface area contributed by atoms with Gasteiger partial charge in [0, 0.05) is 11.8 Å². The molecule has 0 aliphatic carbocycles. The molecule has 14 nitrogen and oxygen atoms in total. The van der Waals surface area contributed by atoms with Gasteiger partial charge in [0.25, 0.3) is 5.56 Å². The Labute approximate surface area is 238 Å². The van der Waals surface area contributed by atoms with Crippen molar-refractivity contribution < 1.29 is 46.9 Å². The molecule has 3 rings (SSSR count). The van der Waals surface area contributed by atoms with Gasteiger partial charge in [-0.05, 0) is 59.6 Å². The first-order chi connectivity index (χ1) is 19.4. The SMILES string of the molecule is CCOP(=O)(OCC)C1=CC[C@H](O)[C@@H](Cn2cc(C)c(=O)n(C[C@H]3OC(P(=O)(OCC)OCC)=CC[C@@H]3O)c2=O)O1. The normalized spacial score (nSPS) is 23.4. The van der Waals surface area contributed by atoms with Crippen molar-refractivity contribution in [3.05, 3.63) is 55.8 Å². The standard InChI is InChI=1S/C25H40N2O12P2/c1-6-34-40(32,35-7-2)22-12-10-18(28)20(38-22)15-26-14-17(5)24(30)27(25(26)31)16-21-19(29)11-13-23(39-21)41(33,36-8-3)37-9-4/h12-14,18-21,28-29H,6-11,15-16H2,1-5H3/t18-,19-,20+,21+/m0/s1. The largest absolute Gasteiger partial charge is 0.478 e. The van der Waals surface area contributed by atoms with Crippen LogP contribution in [0.15, 0.2) is 38.9 Å². The molecule has 41 heavy (non-hydrogen) atoms. The molecule has 1 aromatic heterocycles. The summed E-state index contributed by atoms with van der Waals surface area (Å²) in [5, 5.41) is 21.2. The molecule has 0 amide bonds. The third-order valence-electron chi connectivity index (χ3n) is 6.35. The predicted molar refractivity (Wildman–Crippen MR) is 149 cm³/mol. The van der Waals surface area contributed by atoms with Gasteiger partial charge in [0.15, 0.2) is 0 Å². The van der Waals surface area contributed by atoms with Gasteiger partial charge >= 0.3 is 20.9 Å². The van der Waals surface area contributed by atoms with E-state index in [1.54, 1.807) is 27.7 Å². The summed E-state index contributed by atoms with van der Waals surface area (Å²) >= 11 is 0. The van der Waals surface area contributed by atoms with Gasteiger partial charge in [-0.15, -0.1) is 0 Å². The van der Waals surface area contributed by atoms with Crippen LogP contribution in [0, 0.1) is 6.92 Å². The summed E-state index contributed by atoms with van der Waals surface area (Å²) in [5.74, 6) is 0. The number of aromatic nitrogens is 2. The van der Waals surface area contributed by atoms with E-state index in [2.05, 4.69) is 0 Å². The third-order valence-corrected chi connectivity index (χ3v) is 10.4. The van der Waals surface area contributed by atoms with Crippen molar-refractivity contribution in [2.75, 3.05) is 26.4 Å². The van der Waals surface area contributed by atoms with E-state index >= 15 is 0 Å². The molecule has 0 fully saturated rings. The highest BCUT2D eigenvalue weighted by Crippen LogP contribution is 2.58. The number of rotatable bonds is 14. The number of hydrogen-bond acceptors (Lipinski definition) is 12. The van der Waals surface area contributed by atoms with Gasteiger partial charge in [-0.25, -0.2) is 4.79 Å². The zero-order chi connectivity index (χ0) is 30.4. The van der Waals surface area contributed by atoms with Crippen LogP contribution in [-0.2, 0) is 49.8 Å². The monoisotopic (exact) mass is 622 g/mol. The molecule has 2 aliphatic heterocycles. The molecule has 0 radical (unpaired) electrons. The van der Waals surface area contributed by atoms with Crippen molar-refractivity contribution in [1.29, 1.82) is 0 Å². The maximum absolute atomic E-state index is 13.5. The molecule has 0 saturated carbocycles. The molecule has 3 heterocycles. The Morgan fingerprint density at radius 1 is 0.805 bits per heavy atom. The van der Waals surface area contributed by atoms with Gasteiger partial charge in [0.05, 0.1) is 51.7 Å². The minimum absolute atomic E-state index is 0.0375. The predicted octanol–water partition coefficient (Wildman–Crippen LogP) is 2.83. The fourth-order valence-electron chi connectivity index (χ4n) is 4.45. The zero-order valence-electron chi connectivity index (χ0n) is 24.0. The van der Waals surface area contributed by atoms with Crippen LogP contribution in [0.25, 0.3) is 0 Å². The summed E-state index contributed by atoms with van der Waals surface area (Å²) < 4.78 is 61.5. The molecule has 232 valence electrons. The molecule has 2 N–H and O–H groups in total. The minimum atomic E-state index is -3.80. The maximum atomic E-state index is 13.5. The lowest BCUT2D eigenvalue weighted by Gasteiger charge is -2.32. The second kappa shape index (κ2) is 14.4. The van der Waals surface area contributed by atoms with Crippen molar-refractivity contribution >= 4 is 15.2 Å². The molecular formula is C25H40N2O12P2. The Morgan fingerprint density at radius 3 is 1.63 bits per heavy atom. The number of nitrogens with zero attached hydrogens (tertiary/aromatic N) is 2. The van der Waals surface area contributed by atoms with Gasteiger partial charge in [-0.1, -0.05) is 0 Å². The number of ether oxygens (including phenoxy) is 2. The molecule has 0 bridgehead atoms. The molecule has 4 atom stereocenters. The molecule has 16 heteroatoms. The second-order valence-corrected chi connectivity index (χ2v) is 13.2. The van der Waals surface area contributed by atoms with Crippen LogP contribution in [0.5, 0.6) is 0 Å². The van der Waals surface area contributed by atoms with E-state index in [0.717, 1.165) is 4.57 Å². The minimum Gasteiger partial charge on any atom is -0.478 e. The summed E-state index contributed by atoms with van der Waals surface area (Å²) in [6, 6.07) is 0. The molecule has 1 aromatic rings. The van der Waals surface area contributed by atoms with Crippen molar-refractivity contribution in [3.63, 3.8) is 0 Å².